The molecule has 3 rings (SSSR count). The lowest BCUT2D eigenvalue weighted by Gasteiger charge is -2.29. The Kier molecular flexibility index (Phi) is 7.60. The predicted octanol–water partition coefficient (Wildman–Crippen LogP) is 4.87. The monoisotopic (exact) mass is 394 g/mol. The zero-order valence-corrected chi connectivity index (χ0v) is 16.0. The van der Waals surface area contributed by atoms with Crippen molar-refractivity contribution in [2.75, 3.05) is 5.73 Å². The Morgan fingerprint density at radius 1 is 1.07 bits per heavy atom. The van der Waals surface area contributed by atoms with E-state index in [0.29, 0.717) is 18.5 Å². The Labute approximate surface area is 165 Å². The van der Waals surface area contributed by atoms with Gasteiger partial charge < -0.3 is 10.6 Å². The molecular formula is C21H25ClF2N2O. The largest absolute Gasteiger partial charge is 0.399 e. The smallest absolute Gasteiger partial charge is 0.223 e. The molecule has 0 spiro atoms. The van der Waals surface area contributed by atoms with Gasteiger partial charge in [-0.1, -0.05) is 31.0 Å². The van der Waals surface area contributed by atoms with Crippen LogP contribution in [0, 0.1) is 11.6 Å². The van der Waals surface area contributed by atoms with Crippen LogP contribution in [-0.4, -0.2) is 16.8 Å². The number of para-hydroxylation sites is 1. The molecule has 1 aliphatic carbocycles. The first kappa shape index (κ1) is 21.2. The van der Waals surface area contributed by atoms with Crippen LogP contribution in [0.1, 0.15) is 43.2 Å². The second-order valence-corrected chi connectivity index (χ2v) is 6.89. The first-order chi connectivity index (χ1) is 12.5. The van der Waals surface area contributed by atoms with E-state index < -0.39 is 11.6 Å². The Bertz CT molecular complexity index is 779. The second-order valence-electron chi connectivity index (χ2n) is 6.89. The summed E-state index contributed by atoms with van der Waals surface area (Å²) in [4.78, 5) is 14.6. The molecule has 1 amide bonds. The highest BCUT2D eigenvalue weighted by molar-refractivity contribution is 5.85. The Morgan fingerprint density at radius 2 is 1.78 bits per heavy atom. The number of anilines is 1. The van der Waals surface area contributed by atoms with Gasteiger partial charge in [0.05, 0.1) is 0 Å². The Hall–Kier alpha value is -2.14. The van der Waals surface area contributed by atoms with E-state index in [0.717, 1.165) is 43.4 Å². The maximum absolute atomic E-state index is 14.1. The van der Waals surface area contributed by atoms with Crippen molar-refractivity contribution in [1.82, 2.24) is 4.90 Å². The fourth-order valence-corrected chi connectivity index (χ4v) is 3.63. The molecule has 1 fully saturated rings. The van der Waals surface area contributed by atoms with E-state index in [4.69, 9.17) is 5.73 Å². The molecule has 0 saturated heterocycles. The summed E-state index contributed by atoms with van der Waals surface area (Å²) >= 11 is 0. The minimum Gasteiger partial charge on any atom is -0.399 e. The van der Waals surface area contributed by atoms with Crippen molar-refractivity contribution in [3.8, 4) is 0 Å². The summed E-state index contributed by atoms with van der Waals surface area (Å²) in [6, 6.07) is 11.0. The third-order valence-corrected chi connectivity index (χ3v) is 5.10. The molecule has 0 bridgehead atoms. The van der Waals surface area contributed by atoms with Crippen molar-refractivity contribution in [3.05, 3.63) is 65.2 Å². The number of nitrogens with zero attached hydrogens (tertiary/aromatic N) is 1. The Morgan fingerprint density at radius 3 is 2.48 bits per heavy atom. The second kappa shape index (κ2) is 9.70. The molecule has 6 heteroatoms. The first-order valence-electron chi connectivity index (χ1n) is 9.11. The van der Waals surface area contributed by atoms with Crippen LogP contribution in [0.5, 0.6) is 0 Å². The minimum absolute atomic E-state index is 0. The number of hydrogen-bond donors (Lipinski definition) is 1. The highest BCUT2D eigenvalue weighted by Gasteiger charge is 2.27. The number of nitrogens with two attached hydrogens (primary N) is 1. The molecule has 1 aliphatic rings. The molecule has 146 valence electrons. The summed E-state index contributed by atoms with van der Waals surface area (Å²) in [6.45, 7) is 0.108. The minimum atomic E-state index is -0.489. The predicted molar refractivity (Wildman–Crippen MR) is 106 cm³/mol. The highest BCUT2D eigenvalue weighted by atomic mass is 35.5. The molecule has 0 unspecified atom stereocenters. The van der Waals surface area contributed by atoms with Crippen molar-refractivity contribution < 1.29 is 13.6 Å². The van der Waals surface area contributed by atoms with Gasteiger partial charge in [-0.15, -0.1) is 12.4 Å². The normalized spacial score (nSPS) is 14.0. The molecule has 0 heterocycles. The molecule has 2 N–H and O–H groups in total. The van der Waals surface area contributed by atoms with E-state index >= 15 is 0 Å². The average Bonchev–Trinajstić information content (AvgIpc) is 3.16. The topological polar surface area (TPSA) is 46.3 Å². The molecule has 0 radical (unpaired) electrons. The average molecular weight is 395 g/mol. The van der Waals surface area contributed by atoms with Gasteiger partial charge in [-0.05, 0) is 49.1 Å². The standard InChI is InChI=1S/C21H24F2N2O.ClH/c22-17-10-11-19(23)16(13-17)14-25(18-6-2-3-7-18)21(26)12-9-15-5-1-4-8-20(15)24;/h1,4-5,8,10-11,13,18H,2-3,6-7,9,12,14,24H2;1H. The van der Waals surface area contributed by atoms with Crippen LogP contribution >= 0.6 is 12.4 Å². The number of carbonyl (C=O) groups excluding carboxylic acids is 1. The third-order valence-electron chi connectivity index (χ3n) is 5.10. The van der Waals surface area contributed by atoms with E-state index in [9.17, 15) is 13.6 Å². The van der Waals surface area contributed by atoms with Crippen LogP contribution in [0.25, 0.3) is 0 Å². The lowest BCUT2D eigenvalue weighted by Crippen LogP contribution is -2.38. The van der Waals surface area contributed by atoms with Gasteiger partial charge in [-0.2, -0.15) is 0 Å². The lowest BCUT2D eigenvalue weighted by atomic mass is 10.1. The van der Waals surface area contributed by atoms with Crippen molar-refractivity contribution in [3.63, 3.8) is 0 Å². The fourth-order valence-electron chi connectivity index (χ4n) is 3.63. The maximum Gasteiger partial charge on any atom is 0.223 e. The summed E-state index contributed by atoms with van der Waals surface area (Å²) in [7, 11) is 0. The highest BCUT2D eigenvalue weighted by Crippen LogP contribution is 2.27. The van der Waals surface area contributed by atoms with Crippen molar-refractivity contribution in [2.45, 2.75) is 51.1 Å². The third kappa shape index (κ3) is 5.42. The quantitative estimate of drug-likeness (QED) is 0.710. The van der Waals surface area contributed by atoms with Crippen molar-refractivity contribution >= 4 is 24.0 Å². The molecule has 2 aromatic carbocycles. The van der Waals surface area contributed by atoms with Crippen LogP contribution < -0.4 is 5.73 Å². The van der Waals surface area contributed by atoms with Crippen molar-refractivity contribution in [1.29, 1.82) is 0 Å². The van der Waals surface area contributed by atoms with Gasteiger partial charge in [0.25, 0.3) is 0 Å². The number of carbonyl (C=O) groups is 1. The molecule has 0 atom stereocenters. The van der Waals surface area contributed by atoms with E-state index in [2.05, 4.69) is 0 Å². The van der Waals surface area contributed by atoms with Crippen LogP contribution in [0.3, 0.4) is 0 Å². The molecule has 0 aromatic heterocycles. The number of nitrogen functional groups attached to an aromatic ring is 1. The Balaban J connectivity index is 0.00000261. The van der Waals surface area contributed by atoms with E-state index in [1.54, 1.807) is 4.90 Å². The molecule has 2 aromatic rings. The number of benzene rings is 2. The van der Waals surface area contributed by atoms with E-state index in [1.165, 1.54) is 6.07 Å². The summed E-state index contributed by atoms with van der Waals surface area (Å²) in [5.41, 5.74) is 7.78. The molecule has 1 saturated carbocycles. The molecule has 3 nitrogen and oxygen atoms in total. The number of halogens is 3. The van der Waals surface area contributed by atoms with E-state index in [1.807, 2.05) is 24.3 Å². The van der Waals surface area contributed by atoms with Gasteiger partial charge in [-0.3, -0.25) is 4.79 Å². The van der Waals surface area contributed by atoms with Gasteiger partial charge in [-0.25, -0.2) is 8.78 Å². The summed E-state index contributed by atoms with van der Waals surface area (Å²) in [5.74, 6) is -1.00. The fraction of sp³-hybridized carbons (Fsp3) is 0.381. The number of amides is 1. The summed E-state index contributed by atoms with van der Waals surface area (Å²) < 4.78 is 27.6. The maximum atomic E-state index is 14.1. The van der Waals surface area contributed by atoms with Crippen LogP contribution in [-0.2, 0) is 17.8 Å². The van der Waals surface area contributed by atoms with Gasteiger partial charge >= 0.3 is 0 Å². The van der Waals surface area contributed by atoms with Crippen LogP contribution in [0.15, 0.2) is 42.5 Å². The van der Waals surface area contributed by atoms with Gasteiger partial charge in [0, 0.05) is 30.3 Å². The van der Waals surface area contributed by atoms with Gasteiger partial charge in [0.15, 0.2) is 0 Å². The SMILES string of the molecule is Cl.Nc1ccccc1CCC(=O)N(Cc1cc(F)ccc1F)C1CCCC1. The van der Waals surface area contributed by atoms with Crippen LogP contribution in [0.4, 0.5) is 14.5 Å². The van der Waals surface area contributed by atoms with Crippen LogP contribution in [0.2, 0.25) is 0 Å². The zero-order chi connectivity index (χ0) is 18.5. The van der Waals surface area contributed by atoms with Gasteiger partial charge in [0.2, 0.25) is 5.91 Å². The lowest BCUT2D eigenvalue weighted by molar-refractivity contribution is -0.134. The summed E-state index contributed by atoms with van der Waals surface area (Å²) in [6.07, 6.45) is 4.80. The van der Waals surface area contributed by atoms with Crippen molar-refractivity contribution in [2.24, 2.45) is 0 Å². The summed E-state index contributed by atoms with van der Waals surface area (Å²) in [5, 5.41) is 0. The molecule has 27 heavy (non-hydrogen) atoms. The first-order valence-corrected chi connectivity index (χ1v) is 9.11. The zero-order valence-electron chi connectivity index (χ0n) is 15.2. The van der Waals surface area contributed by atoms with E-state index in [-0.39, 0.29) is 36.5 Å². The number of rotatable bonds is 6. The number of hydrogen-bond acceptors (Lipinski definition) is 2. The molecule has 0 aliphatic heterocycles. The number of aryl methyl sites for hydroxylation is 1. The molecular weight excluding hydrogens is 370 g/mol. The van der Waals surface area contributed by atoms with Gasteiger partial charge in [0.1, 0.15) is 11.6 Å².